The van der Waals surface area contributed by atoms with Crippen molar-refractivity contribution in [2.75, 3.05) is 0 Å². The lowest BCUT2D eigenvalue weighted by molar-refractivity contribution is 0.863. The Morgan fingerprint density at radius 3 is 0.900 bits per heavy atom. The van der Waals surface area contributed by atoms with Gasteiger partial charge in [0.15, 0.2) is 0 Å². The van der Waals surface area contributed by atoms with Crippen LogP contribution in [0.2, 0.25) is 16.6 Å². The highest BCUT2D eigenvalue weighted by molar-refractivity contribution is 6.63. The summed E-state index contributed by atoms with van der Waals surface area (Å²) in [6, 6.07) is 0. The summed E-state index contributed by atoms with van der Waals surface area (Å²) in [5.41, 5.74) is 2.81. The Labute approximate surface area is 69.1 Å². The first-order valence-electron chi connectivity index (χ1n) is 4.33. The van der Waals surface area contributed by atoms with Gasteiger partial charge in [0.25, 0.3) is 0 Å². The monoisotopic (exact) mass is 159 g/mol. The topological polar surface area (TPSA) is 0 Å². The van der Waals surface area contributed by atoms with Crippen molar-refractivity contribution in [2.24, 2.45) is 0 Å². The lowest BCUT2D eigenvalue weighted by Gasteiger charge is -2.26. The van der Waals surface area contributed by atoms with Crippen LogP contribution in [-0.2, 0) is 0 Å². The average Bonchev–Trinajstić information content (AvgIpc) is 1.59. The van der Waals surface area contributed by atoms with Gasteiger partial charge >= 0.3 is 0 Å². The third-order valence-corrected chi connectivity index (χ3v) is 6.00. The molecule has 0 fully saturated rings. The second kappa shape index (κ2) is 4.17. The molecule has 1 heteroatoms. The van der Waals surface area contributed by atoms with E-state index in [1.165, 1.54) is 0 Å². The standard InChI is InChI=1S/C9H21Si.H2/c1-7(2)10(8(3)4)9(5)6;/h7-9H,1-6H3;1H. The van der Waals surface area contributed by atoms with Gasteiger partial charge in [-0.3, -0.25) is 0 Å². The molecule has 0 heterocycles. The van der Waals surface area contributed by atoms with E-state index in [0.717, 1.165) is 16.6 Å². The van der Waals surface area contributed by atoms with Crippen LogP contribution >= 0.6 is 0 Å². The summed E-state index contributed by atoms with van der Waals surface area (Å²) >= 11 is 0. The summed E-state index contributed by atoms with van der Waals surface area (Å²) in [4.78, 5) is 0. The van der Waals surface area contributed by atoms with Gasteiger partial charge in [-0.05, 0) is 0 Å². The Kier molecular flexibility index (Phi) is 4.26. The molecule has 0 unspecified atom stereocenters. The van der Waals surface area contributed by atoms with Gasteiger partial charge in [-0.25, -0.2) is 0 Å². The maximum atomic E-state index is 2.37. The number of rotatable bonds is 3. The van der Waals surface area contributed by atoms with E-state index >= 15 is 0 Å². The Morgan fingerprint density at radius 2 is 0.900 bits per heavy atom. The fourth-order valence-electron chi connectivity index (χ4n) is 2.00. The molecular weight excluding hydrogens is 136 g/mol. The van der Waals surface area contributed by atoms with Crippen LogP contribution in [0.1, 0.15) is 43.0 Å². The molecule has 0 aliphatic heterocycles. The molecule has 0 aromatic heterocycles. The summed E-state index contributed by atoms with van der Waals surface area (Å²) < 4.78 is 0. The predicted octanol–water partition coefficient (Wildman–Crippen LogP) is 3.96. The Bertz CT molecular complexity index is 70.5. The van der Waals surface area contributed by atoms with Crippen LogP contribution in [0.25, 0.3) is 0 Å². The van der Waals surface area contributed by atoms with Crippen LogP contribution in [0.5, 0.6) is 0 Å². The van der Waals surface area contributed by atoms with E-state index in [-0.39, 0.29) is 10.2 Å². The lowest BCUT2D eigenvalue weighted by atomic mass is 10.5. The predicted molar refractivity (Wildman–Crippen MR) is 53.2 cm³/mol. The number of hydrogen-bond donors (Lipinski definition) is 0. The molecule has 0 atom stereocenters. The van der Waals surface area contributed by atoms with Crippen LogP contribution in [0.15, 0.2) is 0 Å². The molecule has 0 saturated carbocycles. The summed E-state index contributed by atoms with van der Waals surface area (Å²) in [5, 5.41) is 0. The van der Waals surface area contributed by atoms with Crippen LogP contribution in [0, 0.1) is 0 Å². The van der Waals surface area contributed by atoms with E-state index in [9.17, 15) is 0 Å². The molecule has 0 nitrogen and oxygen atoms in total. The lowest BCUT2D eigenvalue weighted by Crippen LogP contribution is -2.24. The van der Waals surface area contributed by atoms with Crippen LogP contribution in [0.4, 0.5) is 0 Å². The fourth-order valence-corrected chi connectivity index (χ4v) is 6.00. The van der Waals surface area contributed by atoms with Gasteiger partial charge in [0.2, 0.25) is 0 Å². The van der Waals surface area contributed by atoms with Gasteiger partial charge in [-0.1, -0.05) is 58.2 Å². The van der Waals surface area contributed by atoms with Gasteiger partial charge in [0.1, 0.15) is 0 Å². The quantitative estimate of drug-likeness (QED) is 0.547. The molecule has 63 valence electrons. The summed E-state index contributed by atoms with van der Waals surface area (Å²) in [6.07, 6.45) is 0. The van der Waals surface area contributed by atoms with Gasteiger partial charge in [-0.15, -0.1) is 0 Å². The van der Waals surface area contributed by atoms with E-state index in [2.05, 4.69) is 41.5 Å². The minimum absolute atomic E-state index is 0. The van der Waals surface area contributed by atoms with Crippen molar-refractivity contribution < 1.29 is 1.43 Å². The second-order valence-electron chi connectivity index (χ2n) is 3.96. The van der Waals surface area contributed by atoms with Gasteiger partial charge in [-0.2, -0.15) is 0 Å². The zero-order valence-electron chi connectivity index (χ0n) is 8.23. The van der Waals surface area contributed by atoms with Gasteiger partial charge in [0, 0.05) is 1.43 Å². The van der Waals surface area contributed by atoms with E-state index < -0.39 is 0 Å². The van der Waals surface area contributed by atoms with E-state index in [1.807, 2.05) is 0 Å². The molecule has 0 aliphatic rings. The SMILES string of the molecule is CC(C)[Si](C(C)C)C(C)C.[HH]. The molecule has 0 aliphatic carbocycles. The molecule has 0 spiro atoms. The van der Waals surface area contributed by atoms with Crippen molar-refractivity contribution in [2.45, 2.75) is 58.2 Å². The highest BCUT2D eigenvalue weighted by atomic mass is 28.3. The second-order valence-corrected chi connectivity index (χ2v) is 8.43. The van der Waals surface area contributed by atoms with Crippen LogP contribution in [-0.4, -0.2) is 8.80 Å². The largest absolute Gasteiger partial charge is 0.0653 e. The van der Waals surface area contributed by atoms with Gasteiger partial charge in [0.05, 0.1) is 8.80 Å². The molecule has 0 N–H and O–H groups in total. The molecule has 0 aromatic carbocycles. The van der Waals surface area contributed by atoms with Crippen molar-refractivity contribution >= 4 is 8.80 Å². The smallest absolute Gasteiger partial charge is 0.0561 e. The molecule has 10 heavy (non-hydrogen) atoms. The highest BCUT2D eigenvalue weighted by Crippen LogP contribution is 2.28. The van der Waals surface area contributed by atoms with Crippen LogP contribution in [0.3, 0.4) is 0 Å². The van der Waals surface area contributed by atoms with E-state index in [4.69, 9.17) is 0 Å². The molecule has 0 rings (SSSR count). The van der Waals surface area contributed by atoms with Crippen molar-refractivity contribution in [3.05, 3.63) is 0 Å². The Balaban J connectivity index is 0. The maximum absolute atomic E-state index is 2.37. The zero-order chi connectivity index (χ0) is 8.31. The first-order chi connectivity index (χ1) is 4.46. The molecule has 0 amide bonds. The number of hydrogen-bond acceptors (Lipinski definition) is 0. The average molecular weight is 159 g/mol. The van der Waals surface area contributed by atoms with E-state index in [1.54, 1.807) is 0 Å². The van der Waals surface area contributed by atoms with Crippen molar-refractivity contribution in [3.8, 4) is 0 Å². The minimum atomic E-state index is -0.0957. The maximum Gasteiger partial charge on any atom is 0.0561 e. The summed E-state index contributed by atoms with van der Waals surface area (Å²) in [6.45, 7) is 14.2. The van der Waals surface area contributed by atoms with Crippen LogP contribution < -0.4 is 0 Å². The molecule has 0 aromatic rings. The van der Waals surface area contributed by atoms with Crippen molar-refractivity contribution in [3.63, 3.8) is 0 Å². The minimum Gasteiger partial charge on any atom is -0.0653 e. The fraction of sp³-hybridized carbons (Fsp3) is 1.00. The first-order valence-corrected chi connectivity index (χ1v) is 6.06. The molecular formula is C9H23Si. The molecule has 0 saturated heterocycles. The third-order valence-electron chi connectivity index (χ3n) is 2.00. The Hall–Kier alpha value is 0.217. The Morgan fingerprint density at radius 1 is 0.700 bits per heavy atom. The zero-order valence-corrected chi connectivity index (χ0v) is 9.23. The van der Waals surface area contributed by atoms with E-state index in [0.29, 0.717) is 0 Å². The molecule has 0 bridgehead atoms. The first kappa shape index (κ1) is 10.2. The highest BCUT2D eigenvalue weighted by Gasteiger charge is 2.22. The third kappa shape index (κ3) is 2.87. The normalized spacial score (nSPS) is 12.6. The van der Waals surface area contributed by atoms with Gasteiger partial charge < -0.3 is 0 Å². The molecule has 1 radical (unpaired) electrons. The summed E-state index contributed by atoms with van der Waals surface area (Å²) in [5.74, 6) is 0. The summed E-state index contributed by atoms with van der Waals surface area (Å²) in [7, 11) is -0.0957. The van der Waals surface area contributed by atoms with Crippen molar-refractivity contribution in [1.82, 2.24) is 0 Å². The van der Waals surface area contributed by atoms with Crippen molar-refractivity contribution in [1.29, 1.82) is 0 Å².